The second kappa shape index (κ2) is 11.3. The first kappa shape index (κ1) is 27.1. The summed E-state index contributed by atoms with van der Waals surface area (Å²) in [5.41, 5.74) is 2.53. The fourth-order valence-corrected chi connectivity index (χ4v) is 6.61. The highest BCUT2D eigenvalue weighted by Gasteiger charge is 2.35. The number of halogens is 2. The van der Waals surface area contributed by atoms with E-state index in [-0.39, 0.29) is 23.5 Å². The van der Waals surface area contributed by atoms with Crippen LogP contribution in [0.2, 0.25) is 0 Å². The van der Waals surface area contributed by atoms with Crippen LogP contribution in [0.3, 0.4) is 0 Å². The molecule has 1 aliphatic rings. The first-order valence-corrected chi connectivity index (χ1v) is 14.3. The molecule has 4 aromatic rings. The van der Waals surface area contributed by atoms with Crippen molar-refractivity contribution < 1.29 is 19.4 Å². The quantitative estimate of drug-likeness (QED) is 0.286. The van der Waals surface area contributed by atoms with Gasteiger partial charge in [0.2, 0.25) is 0 Å². The van der Waals surface area contributed by atoms with E-state index >= 15 is 0 Å². The minimum atomic E-state index is -0.800. The third-order valence-corrected chi connectivity index (χ3v) is 8.31. The molecule has 0 bridgehead atoms. The number of hydrogen-bond acceptors (Lipinski definition) is 7. The number of phenolic OH excluding ortho intramolecular Hbond substituents is 1. The molecule has 0 unspecified atom stereocenters. The van der Waals surface area contributed by atoms with Crippen LogP contribution in [-0.4, -0.2) is 29.4 Å². The van der Waals surface area contributed by atoms with Crippen molar-refractivity contribution in [3.05, 3.63) is 118 Å². The highest BCUT2D eigenvalue weighted by atomic mass is 79.9. The van der Waals surface area contributed by atoms with Gasteiger partial charge in [0.25, 0.3) is 5.56 Å². The van der Waals surface area contributed by atoms with Crippen molar-refractivity contribution in [2.45, 2.75) is 13.0 Å². The summed E-state index contributed by atoms with van der Waals surface area (Å²) in [6.07, 6.45) is 1.73. The normalized spacial score (nSPS) is 15.1. The number of ether oxygens (including phenoxy) is 2. The molecule has 0 amide bonds. The van der Waals surface area contributed by atoms with Crippen molar-refractivity contribution in [3.63, 3.8) is 0 Å². The van der Waals surface area contributed by atoms with Crippen LogP contribution >= 0.6 is 43.2 Å². The van der Waals surface area contributed by atoms with Crippen LogP contribution < -0.4 is 19.6 Å². The number of esters is 1. The Balaban J connectivity index is 1.84. The minimum absolute atomic E-state index is 0.0678. The van der Waals surface area contributed by atoms with Gasteiger partial charge in [-0.05, 0) is 80.3 Å². The van der Waals surface area contributed by atoms with Gasteiger partial charge in [-0.15, -0.1) is 0 Å². The van der Waals surface area contributed by atoms with Gasteiger partial charge in [0, 0.05) is 5.56 Å². The van der Waals surface area contributed by atoms with Crippen LogP contribution in [0.25, 0.3) is 11.8 Å². The minimum Gasteiger partial charge on any atom is -0.506 e. The number of aromatic nitrogens is 1. The molecule has 1 aromatic heterocycles. The van der Waals surface area contributed by atoms with Gasteiger partial charge in [-0.2, -0.15) is 0 Å². The van der Waals surface area contributed by atoms with E-state index in [1.54, 1.807) is 38.3 Å². The predicted molar refractivity (Wildman–Crippen MR) is 158 cm³/mol. The van der Waals surface area contributed by atoms with Crippen LogP contribution in [0.5, 0.6) is 11.5 Å². The fourth-order valence-electron chi connectivity index (χ4n) is 4.39. The van der Waals surface area contributed by atoms with Gasteiger partial charge in [0.1, 0.15) is 11.5 Å². The zero-order valence-electron chi connectivity index (χ0n) is 20.9. The van der Waals surface area contributed by atoms with Crippen molar-refractivity contribution in [3.8, 4) is 11.5 Å². The Morgan fingerprint density at radius 2 is 1.82 bits per heavy atom. The number of hydrogen-bond donors (Lipinski definition) is 1. The number of carbonyl (C=O) groups is 1. The van der Waals surface area contributed by atoms with Crippen LogP contribution in [-0.2, 0) is 9.53 Å². The van der Waals surface area contributed by atoms with Gasteiger partial charge in [-0.1, -0.05) is 53.8 Å². The third-order valence-electron chi connectivity index (χ3n) is 6.12. The Morgan fingerprint density at radius 3 is 2.49 bits per heavy atom. The van der Waals surface area contributed by atoms with Crippen molar-refractivity contribution >= 4 is 60.9 Å². The van der Waals surface area contributed by atoms with Gasteiger partial charge < -0.3 is 14.6 Å². The average Bonchev–Trinajstić information content (AvgIpc) is 3.25. The zero-order valence-corrected chi connectivity index (χ0v) is 24.8. The van der Waals surface area contributed by atoms with Gasteiger partial charge in [0.15, 0.2) is 4.80 Å². The van der Waals surface area contributed by atoms with Gasteiger partial charge in [-0.3, -0.25) is 9.36 Å². The lowest BCUT2D eigenvalue weighted by Gasteiger charge is -2.26. The van der Waals surface area contributed by atoms with Crippen LogP contribution in [0, 0.1) is 0 Å². The summed E-state index contributed by atoms with van der Waals surface area (Å²) in [6, 6.07) is 19.3. The number of aromatic hydroxyl groups is 1. The lowest BCUT2D eigenvalue weighted by molar-refractivity contribution is -0.138. The lowest BCUT2D eigenvalue weighted by Crippen LogP contribution is -2.40. The number of fused-ring (bicyclic) bond motifs is 1. The Labute approximate surface area is 244 Å². The molecule has 198 valence electrons. The molecule has 0 saturated carbocycles. The summed E-state index contributed by atoms with van der Waals surface area (Å²) in [7, 11) is 1.57. The monoisotopic (exact) mass is 668 g/mol. The SMILES string of the molecule is CCOC(=O)C1=C(c2ccccc2)N=c2s/c(=C\c3cc(Br)c(O)c(Br)c3)c(=O)n2[C@@H]1c1cccc(OC)c1. The molecule has 7 nitrogen and oxygen atoms in total. The second-order valence-corrected chi connectivity index (χ2v) is 11.3. The summed E-state index contributed by atoms with van der Waals surface area (Å²) in [5.74, 6) is 0.113. The molecule has 2 heterocycles. The molecule has 5 rings (SSSR count). The van der Waals surface area contributed by atoms with Crippen molar-refractivity contribution in [1.29, 1.82) is 0 Å². The molecule has 0 saturated heterocycles. The first-order valence-electron chi connectivity index (χ1n) is 11.9. The molecule has 0 spiro atoms. The molecule has 3 aromatic carbocycles. The summed E-state index contributed by atoms with van der Waals surface area (Å²) >= 11 is 7.91. The molecule has 10 heteroatoms. The molecule has 1 aliphatic heterocycles. The summed E-state index contributed by atoms with van der Waals surface area (Å²) in [5, 5.41) is 10.1. The van der Waals surface area contributed by atoms with E-state index in [4.69, 9.17) is 14.5 Å². The standard InChI is InChI=1S/C29H22Br2N2O5S/c1-3-38-28(36)23-24(17-8-5-4-6-9-17)32-29-33(25(23)18-10-7-11-19(15-18)37-2)27(35)22(39-29)14-16-12-20(30)26(34)21(31)13-16/h4-15,25,34H,3H2,1-2H3/b22-14-/t25-/m1/s1. The Hall–Kier alpha value is -3.47. The summed E-state index contributed by atoms with van der Waals surface area (Å²) < 4.78 is 13.9. The molecule has 0 fully saturated rings. The highest BCUT2D eigenvalue weighted by molar-refractivity contribution is 9.11. The van der Waals surface area contributed by atoms with Crippen LogP contribution in [0.15, 0.2) is 91.0 Å². The summed E-state index contributed by atoms with van der Waals surface area (Å²) in [4.78, 5) is 32.8. The van der Waals surface area contributed by atoms with E-state index in [0.29, 0.717) is 40.9 Å². The third kappa shape index (κ3) is 5.24. The maximum Gasteiger partial charge on any atom is 0.338 e. The maximum atomic E-state index is 14.0. The van der Waals surface area contributed by atoms with E-state index in [0.717, 1.165) is 5.56 Å². The number of thiazole rings is 1. The first-order chi connectivity index (χ1) is 18.8. The molecule has 1 N–H and O–H groups in total. The molecule has 1 atom stereocenters. The summed E-state index contributed by atoms with van der Waals surface area (Å²) in [6.45, 7) is 1.91. The van der Waals surface area contributed by atoms with E-state index in [9.17, 15) is 14.7 Å². The molecular weight excluding hydrogens is 648 g/mol. The van der Waals surface area contributed by atoms with Crippen LogP contribution in [0.1, 0.15) is 29.7 Å². The van der Waals surface area contributed by atoms with Gasteiger partial charge >= 0.3 is 5.97 Å². The molecule has 0 radical (unpaired) electrons. The number of rotatable bonds is 6. The van der Waals surface area contributed by atoms with E-state index < -0.39 is 12.0 Å². The Morgan fingerprint density at radius 1 is 1.10 bits per heavy atom. The topological polar surface area (TPSA) is 90.1 Å². The molecule has 0 aliphatic carbocycles. The van der Waals surface area contributed by atoms with Crippen molar-refractivity contribution in [2.24, 2.45) is 4.99 Å². The van der Waals surface area contributed by atoms with Gasteiger partial charge in [0.05, 0.1) is 44.5 Å². The van der Waals surface area contributed by atoms with Crippen molar-refractivity contribution in [1.82, 2.24) is 4.57 Å². The molecule has 39 heavy (non-hydrogen) atoms. The fraction of sp³-hybridized carbons (Fsp3) is 0.138. The average molecular weight is 670 g/mol. The predicted octanol–water partition coefficient (Wildman–Crippen LogP) is 5.17. The Bertz CT molecular complexity index is 1770. The number of nitrogens with zero attached hydrogens (tertiary/aromatic N) is 2. The second-order valence-electron chi connectivity index (χ2n) is 8.54. The van der Waals surface area contributed by atoms with E-state index in [1.165, 1.54) is 15.9 Å². The number of methoxy groups -OCH3 is 1. The van der Waals surface area contributed by atoms with E-state index in [1.807, 2.05) is 48.5 Å². The number of benzene rings is 3. The Kier molecular flexibility index (Phi) is 7.88. The van der Waals surface area contributed by atoms with Gasteiger partial charge in [-0.25, -0.2) is 9.79 Å². The van der Waals surface area contributed by atoms with Crippen LogP contribution in [0.4, 0.5) is 0 Å². The smallest absolute Gasteiger partial charge is 0.338 e. The molecular formula is C29H22Br2N2O5S. The largest absolute Gasteiger partial charge is 0.506 e. The zero-order chi connectivity index (χ0) is 27.7. The lowest BCUT2D eigenvalue weighted by atomic mass is 9.93. The number of phenols is 1. The van der Waals surface area contributed by atoms with E-state index in [2.05, 4.69) is 31.9 Å². The number of carbonyl (C=O) groups excluding carboxylic acids is 1. The maximum absolute atomic E-state index is 14.0. The highest BCUT2D eigenvalue weighted by Crippen LogP contribution is 2.36. The van der Waals surface area contributed by atoms with Crippen molar-refractivity contribution in [2.75, 3.05) is 13.7 Å².